The second-order valence-corrected chi connectivity index (χ2v) is 10.6. The second-order valence-electron chi connectivity index (χ2n) is 10.6. The Morgan fingerprint density at radius 3 is 2.23 bits per heavy atom. The van der Waals surface area contributed by atoms with Crippen LogP contribution in [-0.4, -0.2) is 32.0 Å². The maximum Gasteiger partial charge on any atom is 0.152 e. The maximum absolute atomic E-state index is 14.8. The Balaban J connectivity index is 1.00. The summed E-state index contributed by atoms with van der Waals surface area (Å²) in [5.74, 6) is 9.39. The zero-order valence-electron chi connectivity index (χ0n) is 19.1. The van der Waals surface area contributed by atoms with Gasteiger partial charge in [-0.15, -0.1) is 0 Å². The van der Waals surface area contributed by atoms with Gasteiger partial charge in [-0.2, -0.15) is 0 Å². The lowest BCUT2D eigenvalue weighted by Crippen LogP contribution is -2.18. The Morgan fingerprint density at radius 2 is 1.51 bits per heavy atom. The Kier molecular flexibility index (Phi) is 4.11. The monoisotopic (exact) mass is 464 g/mol. The number of aromatic nitrogens is 4. The number of imidazole rings is 2. The van der Waals surface area contributed by atoms with Crippen molar-refractivity contribution in [3.8, 4) is 23.1 Å². The van der Waals surface area contributed by atoms with Crippen LogP contribution in [0.3, 0.4) is 0 Å². The van der Waals surface area contributed by atoms with E-state index < -0.39 is 0 Å². The minimum absolute atomic E-state index is 0.199. The summed E-state index contributed by atoms with van der Waals surface area (Å²) in [4.78, 5) is 15.9. The first-order chi connectivity index (χ1) is 17.2. The van der Waals surface area contributed by atoms with Gasteiger partial charge in [0, 0.05) is 23.2 Å². The first kappa shape index (κ1) is 19.8. The van der Waals surface area contributed by atoms with Gasteiger partial charge < -0.3 is 20.6 Å². The summed E-state index contributed by atoms with van der Waals surface area (Å²) in [6.45, 7) is 0. The average Bonchev–Trinajstić information content (AvgIpc) is 3.45. The highest BCUT2D eigenvalue weighted by Crippen LogP contribution is 2.46. The number of hydrogen-bond donors (Lipinski definition) is 4. The molecule has 2 aliphatic carbocycles. The van der Waals surface area contributed by atoms with Crippen molar-refractivity contribution >= 4 is 11.0 Å². The first-order valence-electron chi connectivity index (χ1n) is 12.5. The van der Waals surface area contributed by atoms with Gasteiger partial charge in [0.15, 0.2) is 5.82 Å². The van der Waals surface area contributed by atoms with Crippen molar-refractivity contribution in [2.24, 2.45) is 11.8 Å². The zero-order valence-corrected chi connectivity index (χ0v) is 19.1. The van der Waals surface area contributed by atoms with Crippen LogP contribution in [0.4, 0.5) is 4.39 Å². The number of H-pyrrole nitrogens is 2. The normalized spacial score (nSPS) is 30.1. The average molecular weight is 465 g/mol. The molecule has 0 spiro atoms. The minimum Gasteiger partial charge on any atom is -0.341 e. The molecule has 8 rings (SSSR count). The molecule has 2 aliphatic heterocycles. The number of nitrogens with one attached hydrogen (secondary N) is 4. The zero-order chi connectivity index (χ0) is 23.1. The van der Waals surface area contributed by atoms with E-state index in [9.17, 15) is 4.39 Å². The van der Waals surface area contributed by atoms with E-state index in [4.69, 9.17) is 0 Å². The topological polar surface area (TPSA) is 81.4 Å². The molecule has 0 bridgehead atoms. The number of piperidine rings is 2. The molecule has 2 aromatic heterocycles. The van der Waals surface area contributed by atoms with Crippen molar-refractivity contribution in [2.75, 3.05) is 0 Å². The molecule has 7 heteroatoms. The van der Waals surface area contributed by atoms with Crippen LogP contribution >= 0.6 is 0 Å². The molecular formula is C28H25FN6. The Labute approximate surface area is 202 Å². The summed E-state index contributed by atoms with van der Waals surface area (Å²) >= 11 is 0. The Morgan fingerprint density at radius 1 is 0.800 bits per heavy atom. The highest BCUT2D eigenvalue weighted by Gasteiger charge is 2.47. The van der Waals surface area contributed by atoms with Crippen molar-refractivity contribution in [1.29, 1.82) is 0 Å². The SMILES string of the molecule is Fc1cc(C#Cc2ccc(-c3cnc(C4CC5CC5N4)[nH]3)cc2)cc2[nH]c(C3CC4CC4N3)nc12. The summed E-state index contributed by atoms with van der Waals surface area (Å²) in [5, 5.41) is 7.20. The van der Waals surface area contributed by atoms with Crippen molar-refractivity contribution < 1.29 is 4.39 Å². The van der Waals surface area contributed by atoms with Gasteiger partial charge in [0.25, 0.3) is 0 Å². The van der Waals surface area contributed by atoms with E-state index in [-0.39, 0.29) is 11.9 Å². The molecule has 35 heavy (non-hydrogen) atoms. The van der Waals surface area contributed by atoms with E-state index in [1.807, 2.05) is 36.5 Å². The summed E-state index contributed by atoms with van der Waals surface area (Å²) < 4.78 is 14.8. The number of rotatable bonds is 3. The number of halogens is 1. The standard InChI is InChI=1S/C28H25FN6/c29-19-7-15(8-22-26(19)35-28(33-22)24-12-18-10-21(18)32-24)2-1-14-3-5-16(6-4-14)25-13-30-27(34-25)23-11-17-9-20(17)31-23/h3-8,13,17-18,20-21,23-24,31-32H,9-12H2,(H,30,34)(H,33,35). The predicted molar refractivity (Wildman–Crippen MR) is 131 cm³/mol. The number of hydrogen-bond acceptors (Lipinski definition) is 4. The van der Waals surface area contributed by atoms with Gasteiger partial charge in [-0.05, 0) is 67.3 Å². The number of aromatic amines is 2. The van der Waals surface area contributed by atoms with Crippen LogP contribution in [0.5, 0.6) is 0 Å². The Hall–Kier alpha value is -3.47. The molecule has 4 aliphatic rings. The second kappa shape index (κ2) is 7.27. The van der Waals surface area contributed by atoms with Gasteiger partial charge in [-0.3, -0.25) is 0 Å². The van der Waals surface area contributed by atoms with E-state index in [2.05, 4.69) is 42.4 Å². The van der Waals surface area contributed by atoms with Gasteiger partial charge in [-0.1, -0.05) is 24.0 Å². The van der Waals surface area contributed by atoms with Crippen LogP contribution in [-0.2, 0) is 0 Å². The van der Waals surface area contributed by atoms with E-state index in [1.165, 1.54) is 25.3 Å². The van der Waals surface area contributed by atoms with E-state index >= 15 is 0 Å². The van der Waals surface area contributed by atoms with Gasteiger partial charge in [-0.25, -0.2) is 14.4 Å². The summed E-state index contributed by atoms with van der Waals surface area (Å²) in [7, 11) is 0. The highest BCUT2D eigenvalue weighted by atomic mass is 19.1. The molecule has 4 N–H and O–H groups in total. The van der Waals surface area contributed by atoms with Crippen molar-refractivity contribution in [2.45, 2.75) is 49.9 Å². The van der Waals surface area contributed by atoms with Gasteiger partial charge >= 0.3 is 0 Å². The molecule has 4 aromatic rings. The lowest BCUT2D eigenvalue weighted by molar-refractivity contribution is 0.543. The number of nitrogens with zero attached hydrogens (tertiary/aromatic N) is 2. The van der Waals surface area contributed by atoms with Crippen LogP contribution in [0.15, 0.2) is 42.6 Å². The quantitative estimate of drug-likeness (QED) is 0.340. The van der Waals surface area contributed by atoms with Crippen molar-refractivity contribution in [3.05, 3.63) is 71.2 Å². The van der Waals surface area contributed by atoms with E-state index in [0.29, 0.717) is 34.7 Å². The molecule has 6 atom stereocenters. The highest BCUT2D eigenvalue weighted by molar-refractivity contribution is 5.78. The van der Waals surface area contributed by atoms with Crippen LogP contribution in [0.1, 0.15) is 60.5 Å². The molecule has 4 fully saturated rings. The smallest absolute Gasteiger partial charge is 0.152 e. The molecule has 0 amide bonds. The summed E-state index contributed by atoms with van der Waals surface area (Å²) in [5.41, 5.74) is 4.70. The fraction of sp³-hybridized carbons (Fsp3) is 0.357. The molecule has 6 unspecified atom stereocenters. The fourth-order valence-corrected chi connectivity index (χ4v) is 5.93. The Bertz CT molecular complexity index is 1500. The number of benzene rings is 2. The van der Waals surface area contributed by atoms with E-state index in [0.717, 1.165) is 46.7 Å². The molecule has 2 saturated carbocycles. The third-order valence-corrected chi connectivity index (χ3v) is 8.11. The lowest BCUT2D eigenvalue weighted by Gasteiger charge is -2.09. The molecule has 2 saturated heterocycles. The molecule has 0 radical (unpaired) electrons. The van der Waals surface area contributed by atoms with Crippen LogP contribution in [0, 0.1) is 29.5 Å². The maximum atomic E-state index is 14.8. The van der Waals surface area contributed by atoms with Crippen molar-refractivity contribution in [3.63, 3.8) is 0 Å². The minimum atomic E-state index is -0.336. The van der Waals surface area contributed by atoms with Crippen LogP contribution in [0.25, 0.3) is 22.3 Å². The first-order valence-corrected chi connectivity index (χ1v) is 12.5. The molecule has 174 valence electrons. The van der Waals surface area contributed by atoms with Crippen molar-refractivity contribution in [1.82, 2.24) is 30.6 Å². The predicted octanol–water partition coefficient (Wildman–Crippen LogP) is 4.34. The number of fused-ring (bicyclic) bond motifs is 3. The van der Waals surface area contributed by atoms with E-state index in [1.54, 1.807) is 0 Å². The van der Waals surface area contributed by atoms with Crippen LogP contribution < -0.4 is 10.6 Å². The summed E-state index contributed by atoms with van der Waals surface area (Å²) in [6, 6.07) is 13.3. The van der Waals surface area contributed by atoms with Gasteiger partial charge in [0.1, 0.15) is 17.2 Å². The molecule has 2 aromatic carbocycles. The van der Waals surface area contributed by atoms with Gasteiger partial charge in [0.2, 0.25) is 0 Å². The third kappa shape index (κ3) is 3.48. The third-order valence-electron chi connectivity index (χ3n) is 8.11. The molecule has 6 nitrogen and oxygen atoms in total. The fourth-order valence-electron chi connectivity index (χ4n) is 5.93. The molecular weight excluding hydrogens is 439 g/mol. The van der Waals surface area contributed by atoms with Crippen LogP contribution in [0.2, 0.25) is 0 Å². The van der Waals surface area contributed by atoms with Gasteiger partial charge in [0.05, 0.1) is 29.5 Å². The summed E-state index contributed by atoms with van der Waals surface area (Å²) in [6.07, 6.45) is 6.73. The molecule has 4 heterocycles. The lowest BCUT2D eigenvalue weighted by atomic mass is 10.1. The largest absolute Gasteiger partial charge is 0.341 e.